The summed E-state index contributed by atoms with van der Waals surface area (Å²) < 4.78 is 16.8. The van der Waals surface area contributed by atoms with E-state index in [1.54, 1.807) is 0 Å². The molecule has 0 saturated carbocycles. The van der Waals surface area contributed by atoms with Crippen LogP contribution >= 0.6 is 23.2 Å². The quantitative estimate of drug-likeness (QED) is 0.104. The molecule has 4 aromatic rings. The summed E-state index contributed by atoms with van der Waals surface area (Å²) in [6.07, 6.45) is 5.14. The number of hydrogen-bond acceptors (Lipinski definition) is 5. The predicted molar refractivity (Wildman–Crippen MR) is 181 cm³/mol. The molecule has 1 unspecified atom stereocenters. The van der Waals surface area contributed by atoms with Crippen LogP contribution in [0.15, 0.2) is 78.9 Å². The lowest BCUT2D eigenvalue weighted by Gasteiger charge is -2.19. The van der Waals surface area contributed by atoms with E-state index in [4.69, 9.17) is 43.1 Å². The average molecular weight is 635 g/mol. The minimum absolute atomic E-state index is 0.0245. The molecule has 0 aromatic heterocycles. The Morgan fingerprint density at radius 3 is 2.25 bits per heavy atom. The third-order valence-electron chi connectivity index (χ3n) is 7.71. The minimum Gasteiger partial charge on any atom is -0.490 e. The highest BCUT2D eigenvalue weighted by molar-refractivity contribution is 6.37. The van der Waals surface area contributed by atoms with Crippen molar-refractivity contribution in [2.75, 3.05) is 26.9 Å². The van der Waals surface area contributed by atoms with Crippen molar-refractivity contribution >= 4 is 29.2 Å². The maximum absolute atomic E-state index is 13.0. The summed E-state index contributed by atoms with van der Waals surface area (Å²) in [5, 5.41) is 0.962. The van der Waals surface area contributed by atoms with Crippen LogP contribution in [0.4, 0.5) is 0 Å². The predicted octanol–water partition coefficient (Wildman–Crippen LogP) is 9.23. The highest BCUT2D eigenvalue weighted by Gasteiger charge is 2.20. The number of rotatable bonds is 15. The van der Waals surface area contributed by atoms with Gasteiger partial charge in [-0.15, -0.1) is 0 Å². The molecule has 7 heteroatoms. The molecule has 4 rings (SSSR count). The molecule has 0 radical (unpaired) electrons. The number of methoxy groups -OCH3 is 1. The summed E-state index contributed by atoms with van der Waals surface area (Å²) in [6.45, 7) is 5.22. The molecule has 0 spiro atoms. The van der Waals surface area contributed by atoms with Gasteiger partial charge < -0.3 is 19.9 Å². The van der Waals surface area contributed by atoms with Crippen LogP contribution in [0, 0.1) is 6.92 Å². The molecule has 0 heterocycles. The fourth-order valence-electron chi connectivity index (χ4n) is 5.37. The number of carbonyl (C=O) groups is 1. The molecule has 0 aliphatic carbocycles. The Bertz CT molecular complexity index is 1510. The lowest BCUT2D eigenvalue weighted by molar-refractivity contribution is 0.0601. The van der Waals surface area contributed by atoms with Crippen molar-refractivity contribution in [2.24, 2.45) is 5.73 Å². The number of aryl methyl sites for hydroxylation is 2. The van der Waals surface area contributed by atoms with Gasteiger partial charge in [-0.2, -0.15) is 0 Å². The van der Waals surface area contributed by atoms with Crippen molar-refractivity contribution in [2.45, 2.75) is 51.9 Å². The number of halogens is 2. The molecule has 0 bridgehead atoms. The Morgan fingerprint density at radius 2 is 1.57 bits per heavy atom. The topological polar surface area (TPSA) is 70.8 Å². The summed E-state index contributed by atoms with van der Waals surface area (Å²) in [6, 6.07) is 26.0. The molecular weight excluding hydrogens is 593 g/mol. The third kappa shape index (κ3) is 8.78. The monoisotopic (exact) mass is 633 g/mol. The van der Waals surface area contributed by atoms with Crippen molar-refractivity contribution in [3.63, 3.8) is 0 Å². The number of hydrogen-bond donors (Lipinski definition) is 1. The number of benzene rings is 4. The maximum Gasteiger partial charge on any atom is 0.338 e. The van der Waals surface area contributed by atoms with Gasteiger partial charge in [0.15, 0.2) is 5.75 Å². The standard InChI is InChI=1S/C37H41Cl2NO4/c1-4-5-6-9-27-10-7-8-11-31(27)32-17-14-28(23-33(32)37(41)42-3)29(24-40)22-26-12-15-30(16-13-26)43-18-19-44-36-34(38)20-25(2)21-35(36)39/h7-8,10-17,20-21,23,29H,4-6,9,18-19,22,24,40H2,1-3H3. The van der Waals surface area contributed by atoms with E-state index in [2.05, 4.69) is 31.2 Å². The van der Waals surface area contributed by atoms with Crippen LogP contribution in [0.2, 0.25) is 10.0 Å². The van der Waals surface area contributed by atoms with Crippen LogP contribution in [0.3, 0.4) is 0 Å². The maximum atomic E-state index is 13.0. The Labute approximate surface area is 271 Å². The second kappa shape index (κ2) is 16.5. The van der Waals surface area contributed by atoms with Crippen molar-refractivity contribution in [3.8, 4) is 22.6 Å². The second-order valence-corrected chi connectivity index (χ2v) is 11.8. The molecule has 0 amide bonds. The van der Waals surface area contributed by atoms with Gasteiger partial charge in [0, 0.05) is 5.92 Å². The van der Waals surface area contributed by atoms with Crippen LogP contribution in [0.25, 0.3) is 11.1 Å². The fourth-order valence-corrected chi connectivity index (χ4v) is 6.07. The van der Waals surface area contributed by atoms with Gasteiger partial charge in [-0.1, -0.05) is 91.5 Å². The summed E-state index contributed by atoms with van der Waals surface area (Å²) in [4.78, 5) is 13.0. The number of unbranched alkanes of at least 4 members (excludes halogenated alkanes) is 2. The van der Waals surface area contributed by atoms with E-state index >= 15 is 0 Å². The highest BCUT2D eigenvalue weighted by atomic mass is 35.5. The lowest BCUT2D eigenvalue weighted by atomic mass is 9.87. The van der Waals surface area contributed by atoms with Crippen LogP contribution in [-0.2, 0) is 17.6 Å². The molecule has 0 aliphatic rings. The first-order chi connectivity index (χ1) is 21.3. The fraction of sp³-hybridized carbons (Fsp3) is 0.324. The van der Waals surface area contributed by atoms with Crippen molar-refractivity contribution < 1.29 is 19.0 Å². The van der Waals surface area contributed by atoms with E-state index in [-0.39, 0.29) is 11.9 Å². The zero-order valence-electron chi connectivity index (χ0n) is 25.7. The van der Waals surface area contributed by atoms with Crippen LogP contribution in [0.5, 0.6) is 11.5 Å². The van der Waals surface area contributed by atoms with Gasteiger partial charge in [-0.05, 0) is 96.4 Å². The first-order valence-electron chi connectivity index (χ1n) is 15.1. The van der Waals surface area contributed by atoms with Crippen molar-refractivity contribution in [1.29, 1.82) is 0 Å². The number of nitrogens with two attached hydrogens (primary N) is 1. The van der Waals surface area contributed by atoms with Crippen LogP contribution in [-0.4, -0.2) is 32.8 Å². The lowest BCUT2D eigenvalue weighted by Crippen LogP contribution is -2.16. The summed E-state index contributed by atoms with van der Waals surface area (Å²) in [5.74, 6) is 0.873. The Hall–Kier alpha value is -3.51. The van der Waals surface area contributed by atoms with Gasteiger partial charge in [0.2, 0.25) is 0 Å². The number of carbonyl (C=O) groups excluding carboxylic acids is 1. The summed E-state index contributed by atoms with van der Waals surface area (Å²) >= 11 is 12.5. The Kier molecular flexibility index (Phi) is 12.5. The van der Waals surface area contributed by atoms with E-state index in [1.807, 2.05) is 61.5 Å². The van der Waals surface area contributed by atoms with E-state index in [1.165, 1.54) is 19.1 Å². The van der Waals surface area contributed by atoms with Gasteiger partial charge >= 0.3 is 5.97 Å². The highest BCUT2D eigenvalue weighted by Crippen LogP contribution is 2.34. The zero-order valence-corrected chi connectivity index (χ0v) is 27.2. The first kappa shape index (κ1) is 33.4. The molecule has 44 heavy (non-hydrogen) atoms. The molecule has 0 aliphatic heterocycles. The smallest absolute Gasteiger partial charge is 0.338 e. The minimum atomic E-state index is -0.349. The summed E-state index contributed by atoms with van der Waals surface area (Å²) in [5.41, 5.74) is 13.1. The van der Waals surface area contributed by atoms with Gasteiger partial charge in [-0.25, -0.2) is 4.79 Å². The SMILES string of the molecule is CCCCCc1ccccc1-c1ccc(C(CN)Cc2ccc(OCCOc3c(Cl)cc(C)cc3Cl)cc2)cc1C(=O)OC. The first-order valence-corrected chi connectivity index (χ1v) is 15.9. The Balaban J connectivity index is 1.43. The van der Waals surface area contributed by atoms with Gasteiger partial charge in [0.1, 0.15) is 19.0 Å². The van der Waals surface area contributed by atoms with Crippen LogP contribution < -0.4 is 15.2 Å². The largest absolute Gasteiger partial charge is 0.490 e. The molecule has 5 nitrogen and oxygen atoms in total. The zero-order chi connectivity index (χ0) is 31.5. The summed E-state index contributed by atoms with van der Waals surface area (Å²) in [7, 11) is 1.43. The van der Waals surface area contributed by atoms with E-state index in [0.717, 1.165) is 59.3 Å². The van der Waals surface area contributed by atoms with Crippen molar-refractivity contribution in [1.82, 2.24) is 0 Å². The van der Waals surface area contributed by atoms with E-state index in [0.29, 0.717) is 41.1 Å². The van der Waals surface area contributed by atoms with Gasteiger partial charge in [0.25, 0.3) is 0 Å². The molecule has 0 saturated heterocycles. The normalized spacial score (nSPS) is 11.7. The van der Waals surface area contributed by atoms with Gasteiger partial charge in [0.05, 0.1) is 22.7 Å². The molecule has 1 atom stereocenters. The Morgan fingerprint density at radius 1 is 0.864 bits per heavy atom. The third-order valence-corrected chi connectivity index (χ3v) is 8.27. The van der Waals surface area contributed by atoms with Crippen molar-refractivity contribution in [3.05, 3.63) is 117 Å². The van der Waals surface area contributed by atoms with Gasteiger partial charge in [-0.3, -0.25) is 0 Å². The number of esters is 1. The van der Waals surface area contributed by atoms with Crippen LogP contribution in [0.1, 0.15) is 64.7 Å². The molecule has 2 N–H and O–H groups in total. The molecule has 4 aromatic carbocycles. The molecule has 232 valence electrons. The second-order valence-electron chi connectivity index (χ2n) is 10.9. The average Bonchev–Trinajstić information content (AvgIpc) is 3.03. The number of ether oxygens (including phenoxy) is 3. The molecule has 0 fully saturated rings. The molecular formula is C37H41Cl2NO4. The van der Waals surface area contributed by atoms with E-state index in [9.17, 15) is 4.79 Å². The van der Waals surface area contributed by atoms with E-state index < -0.39 is 0 Å².